The van der Waals surface area contributed by atoms with Gasteiger partial charge in [0.1, 0.15) is 0 Å². The van der Waals surface area contributed by atoms with Crippen molar-refractivity contribution in [1.29, 1.82) is 0 Å². The van der Waals surface area contributed by atoms with E-state index in [9.17, 15) is 0 Å². The Hall–Kier alpha value is 1.26. The van der Waals surface area contributed by atoms with E-state index in [1.807, 2.05) is 0 Å². The third kappa shape index (κ3) is 59.9. The molecule has 0 saturated heterocycles. The second-order valence-electron chi connectivity index (χ2n) is 0. The van der Waals surface area contributed by atoms with Crippen LogP contribution in [-0.4, -0.2) is 62.5 Å². The third-order valence-corrected chi connectivity index (χ3v) is 0. The molecule has 0 heterocycles. The van der Waals surface area contributed by atoms with Crippen molar-refractivity contribution in [1.82, 2.24) is 0 Å². The van der Waals surface area contributed by atoms with E-state index in [4.69, 9.17) is 3.02 Å². The van der Waals surface area contributed by atoms with Gasteiger partial charge in [-0.3, -0.25) is 0 Å². The van der Waals surface area contributed by atoms with Gasteiger partial charge in [-0.1, -0.05) is 0 Å². The Morgan fingerprint density at radius 1 is 0.833 bits per heavy atom. The normalized spacial score (nSPS) is 0.667. The Balaban J connectivity index is -0.000000000833. The standard InChI is InChI=1S/Mg.3H2O.O.Sb/h;3*1H2;;/q+2;;;;;+1/p-3. The van der Waals surface area contributed by atoms with Crippen LogP contribution in [0.3, 0.4) is 0 Å². The number of rotatable bonds is 0. The van der Waals surface area contributed by atoms with E-state index in [1.54, 1.807) is 0 Å². The van der Waals surface area contributed by atoms with Crippen molar-refractivity contribution in [2.75, 3.05) is 0 Å². The summed E-state index contributed by atoms with van der Waals surface area (Å²) in [6.07, 6.45) is 0. The van der Waals surface area contributed by atoms with Crippen LogP contribution in [0.15, 0.2) is 0 Å². The van der Waals surface area contributed by atoms with Gasteiger partial charge in [-0.05, 0) is 0 Å². The minimum absolute atomic E-state index is 0. The van der Waals surface area contributed by atoms with E-state index in [-0.39, 0.29) is 39.5 Å². The predicted molar refractivity (Wildman–Crippen MR) is 18.0 cm³/mol. The molecular weight excluding hydrogens is 210 g/mol. The van der Waals surface area contributed by atoms with Crippen molar-refractivity contribution in [3.8, 4) is 0 Å². The first-order valence-corrected chi connectivity index (χ1v) is 1.22. The van der Waals surface area contributed by atoms with Crippen LogP contribution in [0.25, 0.3) is 0 Å². The quantitative estimate of drug-likeness (QED) is 0.460. The van der Waals surface area contributed by atoms with Gasteiger partial charge in [-0.25, -0.2) is 0 Å². The Kier molecular flexibility index (Phi) is 1010. The zero-order valence-corrected chi connectivity index (χ0v) is 6.87. The first-order valence-electron chi connectivity index (χ1n) is 0.183. The Bertz CT molecular complexity index is 7.51. The van der Waals surface area contributed by atoms with E-state index in [1.165, 1.54) is 0 Å². The van der Waals surface area contributed by atoms with Crippen molar-refractivity contribution < 1.29 is 19.4 Å². The molecule has 0 amide bonds. The zero-order valence-electron chi connectivity index (χ0n) is 2.90. The molecule has 34 valence electrons. The molecule has 0 saturated carbocycles. The average Bonchev–Trinajstić information content (AvgIpc) is 1.00. The van der Waals surface area contributed by atoms with Gasteiger partial charge in [-0.2, -0.15) is 0 Å². The fourth-order valence-corrected chi connectivity index (χ4v) is 0. The van der Waals surface area contributed by atoms with E-state index in [0.717, 1.165) is 0 Å². The second-order valence-corrected chi connectivity index (χ2v) is 0. The predicted octanol–water partition coefficient (Wildman–Crippen LogP) is -1.41. The molecule has 0 aromatic rings. The second kappa shape index (κ2) is 109. The molecule has 0 rings (SSSR count). The van der Waals surface area contributed by atoms with Crippen molar-refractivity contribution in [3.05, 3.63) is 0 Å². The summed E-state index contributed by atoms with van der Waals surface area (Å²) in [5.74, 6) is 0. The third-order valence-electron chi connectivity index (χ3n) is 0. The van der Waals surface area contributed by atoms with Crippen LogP contribution in [-0.2, 0) is 3.02 Å². The van der Waals surface area contributed by atoms with Crippen molar-refractivity contribution >= 4 is 46.1 Å². The van der Waals surface area contributed by atoms with Gasteiger partial charge >= 0.3 is 49.1 Å². The molecule has 0 aromatic carbocycles. The molecule has 0 fully saturated rings. The molecule has 6 heteroatoms. The van der Waals surface area contributed by atoms with Gasteiger partial charge in [0, 0.05) is 0 Å². The molecule has 0 aliphatic rings. The van der Waals surface area contributed by atoms with Crippen LogP contribution in [0.2, 0.25) is 0 Å². The summed E-state index contributed by atoms with van der Waals surface area (Å²) in [7, 11) is 0. The first kappa shape index (κ1) is 55.6. The van der Waals surface area contributed by atoms with Gasteiger partial charge in [0.05, 0.1) is 0 Å². The topological polar surface area (TPSA) is 107 Å². The maximum atomic E-state index is 8.30. The molecule has 0 bridgehead atoms. The first-order chi connectivity index (χ1) is 1.00. The molecule has 4 nitrogen and oxygen atoms in total. The van der Waals surface area contributed by atoms with E-state index in [2.05, 4.69) is 0 Å². The summed E-state index contributed by atoms with van der Waals surface area (Å²) in [5, 5.41) is 0. The summed E-state index contributed by atoms with van der Waals surface area (Å²) in [4.78, 5) is 0. The molecule has 3 N–H and O–H groups in total. The molecule has 2 radical (unpaired) electrons. The van der Waals surface area contributed by atoms with Crippen LogP contribution < -0.4 is 0 Å². The maximum absolute atomic E-state index is 8.30. The van der Waals surface area contributed by atoms with Crippen LogP contribution >= 0.6 is 0 Å². The van der Waals surface area contributed by atoms with Crippen molar-refractivity contribution in [2.45, 2.75) is 0 Å². The van der Waals surface area contributed by atoms with Crippen LogP contribution in [0.5, 0.6) is 0 Å². The van der Waals surface area contributed by atoms with Gasteiger partial charge in [0.2, 0.25) is 0 Å². The van der Waals surface area contributed by atoms with Crippen LogP contribution in [0.1, 0.15) is 0 Å². The van der Waals surface area contributed by atoms with E-state index >= 15 is 0 Å². The Labute approximate surface area is 65.3 Å². The Morgan fingerprint density at radius 2 is 0.833 bits per heavy atom. The summed E-state index contributed by atoms with van der Waals surface area (Å²) in [6.45, 7) is 0. The monoisotopic (exact) mass is 212 g/mol. The van der Waals surface area contributed by atoms with Crippen molar-refractivity contribution in [3.63, 3.8) is 0 Å². The van der Waals surface area contributed by atoms with Crippen LogP contribution in [0.4, 0.5) is 0 Å². The molecule has 0 aliphatic heterocycles. The Morgan fingerprint density at radius 3 is 0.833 bits per heavy atom. The van der Waals surface area contributed by atoms with Crippen LogP contribution in [0, 0.1) is 0 Å². The summed E-state index contributed by atoms with van der Waals surface area (Å²) in [5.41, 5.74) is 0. The van der Waals surface area contributed by atoms with Gasteiger partial charge in [-0.15, -0.1) is 0 Å². The number of hydrogen-bond acceptors (Lipinski definition) is 4. The van der Waals surface area contributed by atoms with E-state index in [0.29, 0.717) is 23.0 Å². The minimum atomic E-state index is 0. The summed E-state index contributed by atoms with van der Waals surface area (Å²) >= 11 is 0.500. The van der Waals surface area contributed by atoms with Gasteiger partial charge in [0.15, 0.2) is 0 Å². The molecule has 6 heavy (non-hydrogen) atoms. The molecule has 0 unspecified atom stereocenters. The zero-order chi connectivity index (χ0) is 2.00. The summed E-state index contributed by atoms with van der Waals surface area (Å²) < 4.78 is 8.30. The fourth-order valence-electron chi connectivity index (χ4n) is 0. The van der Waals surface area contributed by atoms with Gasteiger partial charge in [0.25, 0.3) is 0 Å². The molecule has 0 aromatic heterocycles. The molecule has 0 atom stereocenters. The average molecular weight is 213 g/mol. The van der Waals surface area contributed by atoms with Crippen molar-refractivity contribution in [2.24, 2.45) is 0 Å². The molecule has 0 spiro atoms. The fraction of sp³-hybridized carbons (Fsp3) is 0. The SMILES string of the molecule is [Mg+2].[OH-].[OH-].[OH-].[O]=[Sb+]. The molecule has 0 aliphatic carbocycles. The van der Waals surface area contributed by atoms with E-state index < -0.39 is 0 Å². The summed E-state index contributed by atoms with van der Waals surface area (Å²) in [6, 6.07) is 0. The number of hydrogen-bond donors (Lipinski definition) is 0. The molecular formula is H3MgO4Sb. The van der Waals surface area contributed by atoms with Gasteiger partial charge < -0.3 is 16.4 Å².